The van der Waals surface area contributed by atoms with E-state index in [2.05, 4.69) is 5.32 Å². The van der Waals surface area contributed by atoms with E-state index < -0.39 is 17.8 Å². The zero-order valence-electron chi connectivity index (χ0n) is 10.4. The van der Waals surface area contributed by atoms with Gasteiger partial charge in [-0.25, -0.2) is 4.39 Å². The molecule has 5 nitrogen and oxygen atoms in total. The first kappa shape index (κ1) is 15.5. The molecule has 1 rings (SSSR count). The summed E-state index contributed by atoms with van der Waals surface area (Å²) in [6.45, 7) is 1.63. The van der Waals surface area contributed by atoms with Crippen molar-refractivity contribution in [3.8, 4) is 0 Å². The minimum absolute atomic E-state index is 0.0659. The Balaban J connectivity index is 2.39. The lowest BCUT2D eigenvalue weighted by atomic mass is 10.2. The summed E-state index contributed by atoms with van der Waals surface area (Å²) in [4.78, 5) is 22.0. The van der Waals surface area contributed by atoms with Crippen molar-refractivity contribution in [3.63, 3.8) is 0 Å². The molecule has 19 heavy (non-hydrogen) atoms. The summed E-state index contributed by atoms with van der Waals surface area (Å²) in [7, 11) is 0. The second kappa shape index (κ2) is 7.10. The van der Waals surface area contributed by atoms with Gasteiger partial charge in [-0.2, -0.15) is 0 Å². The van der Waals surface area contributed by atoms with Gasteiger partial charge in [-0.15, -0.1) is 11.8 Å². The van der Waals surface area contributed by atoms with Gasteiger partial charge in [0, 0.05) is 11.4 Å². The van der Waals surface area contributed by atoms with Gasteiger partial charge in [-0.3, -0.25) is 9.59 Å². The fourth-order valence-corrected chi connectivity index (χ4v) is 1.99. The Labute approximate surface area is 114 Å². The van der Waals surface area contributed by atoms with Crippen molar-refractivity contribution in [2.45, 2.75) is 13.0 Å². The number of carbonyl (C=O) groups excluding carboxylic acids is 1. The summed E-state index contributed by atoms with van der Waals surface area (Å²) in [5.74, 6) is -1.61. The van der Waals surface area contributed by atoms with Gasteiger partial charge in [0.05, 0.1) is 5.75 Å². The number of aryl methyl sites for hydroxylation is 1. The second-order valence-electron chi connectivity index (χ2n) is 3.97. The van der Waals surface area contributed by atoms with Crippen LogP contribution in [-0.2, 0) is 9.59 Å². The molecule has 0 saturated heterocycles. The maximum atomic E-state index is 13.2. The Morgan fingerprint density at radius 3 is 2.79 bits per heavy atom. The molecular weight excluding hydrogens is 271 g/mol. The van der Waals surface area contributed by atoms with E-state index in [1.807, 2.05) is 0 Å². The van der Waals surface area contributed by atoms with E-state index in [-0.39, 0.29) is 17.4 Å². The third-order valence-corrected chi connectivity index (χ3v) is 3.36. The first-order valence-corrected chi connectivity index (χ1v) is 6.67. The molecule has 1 amide bonds. The predicted molar refractivity (Wildman–Crippen MR) is 72.7 cm³/mol. The van der Waals surface area contributed by atoms with E-state index in [4.69, 9.17) is 10.8 Å². The van der Waals surface area contributed by atoms with Gasteiger partial charge in [0.1, 0.15) is 11.9 Å². The van der Waals surface area contributed by atoms with E-state index in [9.17, 15) is 14.0 Å². The number of rotatable bonds is 6. The van der Waals surface area contributed by atoms with E-state index in [0.29, 0.717) is 11.3 Å². The monoisotopic (exact) mass is 286 g/mol. The third kappa shape index (κ3) is 5.27. The Hall–Kier alpha value is -1.60. The number of nitrogens with one attached hydrogen (secondary N) is 1. The number of amides is 1. The number of aliphatic carboxylic acids is 1. The standard InChI is InChI=1S/C12H15FN2O3S/c1-7-2-3-8(4-9(7)13)15-11(16)6-19-5-10(14)12(17)18/h2-4,10H,5-6,14H2,1H3,(H,15,16)(H,17,18)/t10-/m0/s1. The molecule has 0 heterocycles. The highest BCUT2D eigenvalue weighted by Gasteiger charge is 2.12. The van der Waals surface area contributed by atoms with Crippen LogP contribution in [0, 0.1) is 12.7 Å². The summed E-state index contributed by atoms with van der Waals surface area (Å²) < 4.78 is 13.2. The molecule has 0 unspecified atom stereocenters. The van der Waals surface area contributed by atoms with Gasteiger partial charge in [-0.05, 0) is 24.6 Å². The Bertz CT molecular complexity index is 482. The van der Waals surface area contributed by atoms with Gasteiger partial charge < -0.3 is 16.2 Å². The van der Waals surface area contributed by atoms with Crippen LogP contribution in [0.4, 0.5) is 10.1 Å². The summed E-state index contributed by atoms with van der Waals surface area (Å²) in [6.07, 6.45) is 0. The van der Waals surface area contributed by atoms with Gasteiger partial charge >= 0.3 is 5.97 Å². The fourth-order valence-electron chi connectivity index (χ4n) is 1.22. The smallest absolute Gasteiger partial charge is 0.321 e. The lowest BCUT2D eigenvalue weighted by molar-refractivity contribution is -0.137. The van der Waals surface area contributed by atoms with Gasteiger partial charge in [0.2, 0.25) is 5.91 Å². The topological polar surface area (TPSA) is 92.4 Å². The average molecular weight is 286 g/mol. The third-order valence-electron chi connectivity index (χ3n) is 2.30. The Morgan fingerprint density at radius 1 is 1.53 bits per heavy atom. The van der Waals surface area contributed by atoms with E-state index in [1.54, 1.807) is 19.1 Å². The normalized spacial score (nSPS) is 11.9. The second-order valence-corrected chi connectivity index (χ2v) is 5.00. The highest BCUT2D eigenvalue weighted by molar-refractivity contribution is 8.00. The summed E-state index contributed by atoms with van der Waals surface area (Å²) in [6, 6.07) is 3.41. The average Bonchev–Trinajstić information content (AvgIpc) is 2.33. The van der Waals surface area contributed by atoms with Crippen LogP contribution in [0.2, 0.25) is 0 Å². The number of halogens is 1. The number of benzene rings is 1. The van der Waals surface area contributed by atoms with Crippen LogP contribution in [0.1, 0.15) is 5.56 Å². The molecule has 1 aromatic rings. The Morgan fingerprint density at radius 2 is 2.21 bits per heavy atom. The van der Waals surface area contributed by atoms with Gasteiger partial charge in [0.15, 0.2) is 0 Å². The molecule has 0 aromatic heterocycles. The molecule has 0 spiro atoms. The molecule has 0 saturated carbocycles. The predicted octanol–water partition coefficient (Wildman–Crippen LogP) is 1.22. The SMILES string of the molecule is Cc1ccc(NC(=O)CSC[C@H](N)C(=O)O)cc1F. The number of anilines is 1. The molecule has 7 heteroatoms. The zero-order valence-corrected chi connectivity index (χ0v) is 11.2. The van der Waals surface area contributed by atoms with Crippen LogP contribution in [-0.4, -0.2) is 34.5 Å². The van der Waals surface area contributed by atoms with Crippen LogP contribution in [0.25, 0.3) is 0 Å². The van der Waals surface area contributed by atoms with Crippen molar-refractivity contribution in [2.24, 2.45) is 5.73 Å². The summed E-state index contributed by atoms with van der Waals surface area (Å²) in [5.41, 5.74) is 6.16. The van der Waals surface area contributed by atoms with Gasteiger partial charge in [0.25, 0.3) is 0 Å². The summed E-state index contributed by atoms with van der Waals surface area (Å²) in [5, 5.41) is 11.1. The molecule has 1 atom stereocenters. The molecule has 0 radical (unpaired) electrons. The number of carbonyl (C=O) groups is 2. The van der Waals surface area contributed by atoms with E-state index >= 15 is 0 Å². The number of thioether (sulfide) groups is 1. The van der Waals surface area contributed by atoms with Crippen LogP contribution in [0.5, 0.6) is 0 Å². The van der Waals surface area contributed by atoms with Crippen molar-refractivity contribution < 1.29 is 19.1 Å². The van der Waals surface area contributed by atoms with Gasteiger partial charge in [-0.1, -0.05) is 6.07 Å². The lowest BCUT2D eigenvalue weighted by Crippen LogP contribution is -2.33. The minimum Gasteiger partial charge on any atom is -0.480 e. The number of carboxylic acid groups (broad SMARTS) is 1. The van der Waals surface area contributed by atoms with Crippen molar-refractivity contribution >= 4 is 29.3 Å². The van der Waals surface area contributed by atoms with Crippen molar-refractivity contribution in [1.82, 2.24) is 0 Å². The molecule has 4 N–H and O–H groups in total. The summed E-state index contributed by atoms with van der Waals surface area (Å²) >= 11 is 1.11. The maximum Gasteiger partial charge on any atom is 0.321 e. The molecule has 0 fully saturated rings. The van der Waals surface area contributed by atoms with Crippen LogP contribution in [0.15, 0.2) is 18.2 Å². The maximum absolute atomic E-state index is 13.2. The van der Waals surface area contributed by atoms with Crippen molar-refractivity contribution in [3.05, 3.63) is 29.6 Å². The molecular formula is C12H15FN2O3S. The van der Waals surface area contributed by atoms with Crippen LogP contribution >= 0.6 is 11.8 Å². The number of carboxylic acids is 1. The van der Waals surface area contributed by atoms with E-state index in [0.717, 1.165) is 11.8 Å². The molecule has 0 aliphatic rings. The van der Waals surface area contributed by atoms with Crippen molar-refractivity contribution in [1.29, 1.82) is 0 Å². The van der Waals surface area contributed by atoms with E-state index in [1.165, 1.54) is 6.07 Å². The first-order chi connectivity index (χ1) is 8.90. The number of hydrogen-bond acceptors (Lipinski definition) is 4. The molecule has 104 valence electrons. The first-order valence-electron chi connectivity index (χ1n) is 5.52. The lowest BCUT2D eigenvalue weighted by Gasteiger charge is -2.07. The molecule has 0 aliphatic heterocycles. The van der Waals surface area contributed by atoms with Crippen LogP contribution in [0.3, 0.4) is 0 Å². The quantitative estimate of drug-likeness (QED) is 0.731. The largest absolute Gasteiger partial charge is 0.480 e. The molecule has 0 bridgehead atoms. The number of nitrogens with two attached hydrogens (primary N) is 1. The highest BCUT2D eigenvalue weighted by Crippen LogP contribution is 2.14. The van der Waals surface area contributed by atoms with Crippen LogP contribution < -0.4 is 11.1 Å². The number of hydrogen-bond donors (Lipinski definition) is 3. The van der Waals surface area contributed by atoms with Crippen molar-refractivity contribution in [2.75, 3.05) is 16.8 Å². The Kier molecular flexibility index (Phi) is 5.78. The molecule has 0 aliphatic carbocycles. The highest BCUT2D eigenvalue weighted by atomic mass is 32.2. The zero-order chi connectivity index (χ0) is 14.4. The fraction of sp³-hybridized carbons (Fsp3) is 0.333. The molecule has 1 aromatic carbocycles. The minimum atomic E-state index is -1.10.